The molecule has 0 aliphatic carbocycles. The van der Waals surface area contributed by atoms with E-state index in [9.17, 15) is 4.79 Å². The molecule has 1 amide bonds. The Morgan fingerprint density at radius 3 is 2.17 bits per heavy atom. The molecule has 0 aromatic heterocycles. The summed E-state index contributed by atoms with van der Waals surface area (Å²) in [6.45, 7) is 9.94. The van der Waals surface area contributed by atoms with Gasteiger partial charge in [-0.1, -0.05) is 37.3 Å². The monoisotopic (exact) mass is 325 g/mol. The zero-order valence-corrected chi connectivity index (χ0v) is 15.2. The SMILES string of the molecule is CCc1ccc([C@@H](C)NC(=O)[C@@H](C)Oc2cc(C)cc(C)c2)cc1. The Hall–Kier alpha value is -2.29. The Bertz CT molecular complexity index is 671. The van der Waals surface area contributed by atoms with Crippen LogP contribution in [0.25, 0.3) is 0 Å². The number of hydrogen-bond donors (Lipinski definition) is 1. The van der Waals surface area contributed by atoms with Gasteiger partial charge < -0.3 is 10.1 Å². The minimum Gasteiger partial charge on any atom is -0.481 e. The van der Waals surface area contributed by atoms with Crippen molar-refractivity contribution < 1.29 is 9.53 Å². The van der Waals surface area contributed by atoms with Crippen LogP contribution in [-0.4, -0.2) is 12.0 Å². The largest absolute Gasteiger partial charge is 0.481 e. The van der Waals surface area contributed by atoms with Crippen LogP contribution in [-0.2, 0) is 11.2 Å². The summed E-state index contributed by atoms with van der Waals surface area (Å²) in [6, 6.07) is 14.3. The first-order valence-electron chi connectivity index (χ1n) is 8.53. The van der Waals surface area contributed by atoms with E-state index in [0.29, 0.717) is 0 Å². The maximum atomic E-state index is 12.4. The Balaban J connectivity index is 1.97. The molecule has 128 valence electrons. The number of hydrogen-bond acceptors (Lipinski definition) is 2. The van der Waals surface area contributed by atoms with E-state index in [1.54, 1.807) is 6.92 Å². The molecule has 24 heavy (non-hydrogen) atoms. The third kappa shape index (κ3) is 4.85. The molecule has 0 aliphatic rings. The normalized spacial score (nSPS) is 13.2. The summed E-state index contributed by atoms with van der Waals surface area (Å²) in [4.78, 5) is 12.4. The van der Waals surface area contributed by atoms with E-state index in [1.165, 1.54) is 5.56 Å². The first-order valence-corrected chi connectivity index (χ1v) is 8.53. The zero-order valence-electron chi connectivity index (χ0n) is 15.2. The van der Waals surface area contributed by atoms with Crippen LogP contribution >= 0.6 is 0 Å². The molecule has 3 nitrogen and oxygen atoms in total. The van der Waals surface area contributed by atoms with Gasteiger partial charge in [-0.05, 0) is 68.5 Å². The number of carbonyl (C=O) groups excluding carboxylic acids is 1. The van der Waals surface area contributed by atoms with Gasteiger partial charge in [0.05, 0.1) is 6.04 Å². The van der Waals surface area contributed by atoms with Crippen LogP contribution in [0.3, 0.4) is 0 Å². The molecule has 0 heterocycles. The zero-order chi connectivity index (χ0) is 17.7. The van der Waals surface area contributed by atoms with Crippen LogP contribution < -0.4 is 10.1 Å². The van der Waals surface area contributed by atoms with Crippen LogP contribution in [0.15, 0.2) is 42.5 Å². The average Bonchev–Trinajstić information content (AvgIpc) is 2.53. The van der Waals surface area contributed by atoms with Crippen molar-refractivity contribution in [3.8, 4) is 5.75 Å². The molecular formula is C21H27NO2. The second kappa shape index (κ2) is 8.00. The molecule has 2 atom stereocenters. The number of ether oxygens (including phenoxy) is 1. The number of nitrogens with one attached hydrogen (secondary N) is 1. The molecule has 0 radical (unpaired) electrons. The van der Waals surface area contributed by atoms with E-state index in [1.807, 2.05) is 32.9 Å². The molecule has 1 N–H and O–H groups in total. The highest BCUT2D eigenvalue weighted by Gasteiger charge is 2.18. The third-order valence-electron chi connectivity index (χ3n) is 4.12. The fourth-order valence-electron chi connectivity index (χ4n) is 2.71. The van der Waals surface area contributed by atoms with Crippen molar-refractivity contribution >= 4 is 5.91 Å². The summed E-state index contributed by atoms with van der Waals surface area (Å²) >= 11 is 0. The van der Waals surface area contributed by atoms with Gasteiger partial charge in [-0.15, -0.1) is 0 Å². The smallest absolute Gasteiger partial charge is 0.261 e. The topological polar surface area (TPSA) is 38.3 Å². The highest BCUT2D eigenvalue weighted by molar-refractivity contribution is 5.81. The van der Waals surface area contributed by atoms with Gasteiger partial charge in [0.25, 0.3) is 5.91 Å². The lowest BCUT2D eigenvalue weighted by Crippen LogP contribution is -2.37. The van der Waals surface area contributed by atoms with Crippen molar-refractivity contribution in [2.45, 2.75) is 53.2 Å². The van der Waals surface area contributed by atoms with Crippen LogP contribution in [0.4, 0.5) is 0 Å². The van der Waals surface area contributed by atoms with Gasteiger partial charge >= 0.3 is 0 Å². The highest BCUT2D eigenvalue weighted by atomic mass is 16.5. The lowest BCUT2D eigenvalue weighted by atomic mass is 10.0. The second-order valence-corrected chi connectivity index (χ2v) is 6.41. The molecule has 0 bridgehead atoms. The van der Waals surface area contributed by atoms with Gasteiger partial charge in [0.1, 0.15) is 5.75 Å². The summed E-state index contributed by atoms with van der Waals surface area (Å²) in [5.74, 6) is 0.622. The van der Waals surface area contributed by atoms with E-state index >= 15 is 0 Å². The van der Waals surface area contributed by atoms with Crippen molar-refractivity contribution in [1.82, 2.24) is 5.32 Å². The molecule has 0 fully saturated rings. The molecule has 0 aliphatic heterocycles. The average molecular weight is 325 g/mol. The van der Waals surface area contributed by atoms with Crippen LogP contribution in [0.5, 0.6) is 5.75 Å². The van der Waals surface area contributed by atoms with Gasteiger partial charge in [0.2, 0.25) is 0 Å². The van der Waals surface area contributed by atoms with Crippen LogP contribution in [0, 0.1) is 13.8 Å². The molecule has 3 heteroatoms. The van der Waals surface area contributed by atoms with Crippen LogP contribution in [0.2, 0.25) is 0 Å². The number of aryl methyl sites for hydroxylation is 3. The van der Waals surface area contributed by atoms with Gasteiger partial charge in [0.15, 0.2) is 6.10 Å². The lowest BCUT2D eigenvalue weighted by Gasteiger charge is -2.19. The third-order valence-corrected chi connectivity index (χ3v) is 4.12. The van der Waals surface area contributed by atoms with E-state index in [0.717, 1.165) is 28.9 Å². The second-order valence-electron chi connectivity index (χ2n) is 6.41. The Labute approximate surface area is 145 Å². The van der Waals surface area contributed by atoms with Gasteiger partial charge in [0, 0.05) is 0 Å². The Morgan fingerprint density at radius 2 is 1.62 bits per heavy atom. The maximum absolute atomic E-state index is 12.4. The number of amides is 1. The molecule has 2 rings (SSSR count). The molecule has 0 unspecified atom stereocenters. The first kappa shape index (κ1) is 18.1. The van der Waals surface area contributed by atoms with Crippen molar-refractivity contribution in [3.05, 3.63) is 64.7 Å². The van der Waals surface area contributed by atoms with Crippen molar-refractivity contribution in [1.29, 1.82) is 0 Å². The quantitative estimate of drug-likeness (QED) is 0.848. The van der Waals surface area contributed by atoms with Gasteiger partial charge in [-0.25, -0.2) is 0 Å². The molecule has 0 spiro atoms. The molecule has 0 saturated carbocycles. The minimum atomic E-state index is -0.538. The molecular weight excluding hydrogens is 298 g/mol. The fourth-order valence-corrected chi connectivity index (χ4v) is 2.71. The standard InChI is InChI=1S/C21H27NO2/c1-6-18-7-9-19(10-8-18)16(4)22-21(23)17(5)24-20-12-14(2)11-15(3)13-20/h7-13,16-17H,6H2,1-5H3,(H,22,23)/t16-,17-/m1/s1. The predicted molar refractivity (Wildman–Crippen MR) is 98.4 cm³/mol. The van der Waals surface area contributed by atoms with E-state index in [2.05, 4.69) is 42.6 Å². The molecule has 0 saturated heterocycles. The van der Waals surface area contributed by atoms with Crippen molar-refractivity contribution in [2.24, 2.45) is 0 Å². The molecule has 2 aromatic rings. The summed E-state index contributed by atoms with van der Waals surface area (Å²) in [5.41, 5.74) is 4.65. The van der Waals surface area contributed by atoms with E-state index in [-0.39, 0.29) is 11.9 Å². The highest BCUT2D eigenvalue weighted by Crippen LogP contribution is 2.18. The Kier molecular flexibility index (Phi) is 6.02. The number of benzene rings is 2. The summed E-state index contributed by atoms with van der Waals surface area (Å²) in [6.07, 6.45) is 0.477. The van der Waals surface area contributed by atoms with E-state index < -0.39 is 6.10 Å². The molecule has 2 aromatic carbocycles. The summed E-state index contributed by atoms with van der Waals surface area (Å²) in [7, 11) is 0. The fraction of sp³-hybridized carbons (Fsp3) is 0.381. The van der Waals surface area contributed by atoms with Crippen molar-refractivity contribution in [3.63, 3.8) is 0 Å². The number of rotatable bonds is 6. The maximum Gasteiger partial charge on any atom is 0.261 e. The lowest BCUT2D eigenvalue weighted by molar-refractivity contribution is -0.127. The minimum absolute atomic E-state index is 0.0475. The number of carbonyl (C=O) groups is 1. The van der Waals surface area contributed by atoms with Crippen molar-refractivity contribution in [2.75, 3.05) is 0 Å². The van der Waals surface area contributed by atoms with Gasteiger partial charge in [-0.2, -0.15) is 0 Å². The first-order chi connectivity index (χ1) is 11.4. The van der Waals surface area contributed by atoms with Gasteiger partial charge in [-0.3, -0.25) is 4.79 Å². The summed E-state index contributed by atoms with van der Waals surface area (Å²) in [5, 5.41) is 3.02. The predicted octanol–water partition coefficient (Wildman–Crippen LogP) is 4.51. The summed E-state index contributed by atoms with van der Waals surface area (Å²) < 4.78 is 5.80. The Morgan fingerprint density at radius 1 is 1.04 bits per heavy atom. The van der Waals surface area contributed by atoms with E-state index in [4.69, 9.17) is 4.74 Å². The van der Waals surface area contributed by atoms with Crippen LogP contribution in [0.1, 0.15) is 49.1 Å².